The summed E-state index contributed by atoms with van der Waals surface area (Å²) in [5.74, 6) is -0.590. The van der Waals surface area contributed by atoms with E-state index in [0.717, 1.165) is 0 Å². The lowest BCUT2D eigenvalue weighted by Crippen LogP contribution is -2.07. The second-order valence-corrected chi connectivity index (χ2v) is 1.85. The van der Waals surface area contributed by atoms with Crippen LogP contribution in [-0.4, -0.2) is 24.3 Å². The van der Waals surface area contributed by atoms with E-state index >= 15 is 0 Å². The molecule has 0 heterocycles. The third kappa shape index (κ3) is 4.05. The van der Waals surface area contributed by atoms with E-state index in [1.165, 1.54) is 0 Å². The molecule has 0 saturated carbocycles. The van der Waals surface area contributed by atoms with Crippen LogP contribution in [0.1, 0.15) is 0 Å². The van der Waals surface area contributed by atoms with Gasteiger partial charge in [-0.05, 0) is 0 Å². The van der Waals surface area contributed by atoms with E-state index in [0.29, 0.717) is 0 Å². The van der Waals surface area contributed by atoms with Crippen molar-refractivity contribution in [3.05, 3.63) is 11.5 Å². The molecule has 3 nitrogen and oxygen atoms in total. The molecule has 0 bridgehead atoms. The predicted molar refractivity (Wildman–Crippen MR) is 36.2 cm³/mol. The molecule has 0 saturated heterocycles. The van der Waals surface area contributed by atoms with Crippen molar-refractivity contribution in [2.45, 2.75) is 0 Å². The van der Waals surface area contributed by atoms with Crippen LogP contribution >= 0.6 is 12.6 Å². The van der Waals surface area contributed by atoms with Crippen molar-refractivity contribution in [3.63, 3.8) is 0 Å². The maximum Gasteiger partial charge on any atom is 0.343 e. The topological polar surface area (TPSA) is 46.5 Å². The van der Waals surface area contributed by atoms with E-state index in [-0.39, 0.29) is 18.1 Å². The summed E-state index contributed by atoms with van der Waals surface area (Å²) >= 11 is 3.62. The van der Waals surface area contributed by atoms with Crippen molar-refractivity contribution < 1.29 is 14.6 Å². The van der Waals surface area contributed by atoms with Gasteiger partial charge in [0.25, 0.3) is 0 Å². The monoisotopic (exact) mass is 148 g/mol. The summed E-state index contributed by atoms with van der Waals surface area (Å²) in [6.07, 6.45) is 0. The van der Waals surface area contributed by atoms with Crippen LogP contribution in [0.5, 0.6) is 0 Å². The zero-order valence-corrected chi connectivity index (χ0v) is 5.73. The molecule has 0 aliphatic heterocycles. The smallest absolute Gasteiger partial charge is 0.343 e. The van der Waals surface area contributed by atoms with Crippen LogP contribution in [0, 0.1) is 0 Å². The van der Waals surface area contributed by atoms with E-state index in [1.54, 1.807) is 0 Å². The molecular formula is C5H8O3S. The molecule has 4 heteroatoms. The Balaban J connectivity index is 3.39. The van der Waals surface area contributed by atoms with Gasteiger partial charge in [-0.1, -0.05) is 6.58 Å². The highest BCUT2D eigenvalue weighted by molar-refractivity contribution is 7.85. The molecule has 0 amide bonds. The predicted octanol–water partition coefficient (Wildman–Crippen LogP) is -0.0346. The van der Waals surface area contributed by atoms with E-state index < -0.39 is 5.97 Å². The van der Waals surface area contributed by atoms with Crippen LogP contribution in [0.4, 0.5) is 0 Å². The third-order valence-electron chi connectivity index (χ3n) is 0.560. The Hall–Kier alpha value is -0.480. The molecule has 0 radical (unpaired) electrons. The fourth-order valence-electron chi connectivity index (χ4n) is 0.222. The maximum atomic E-state index is 10.4. The summed E-state index contributed by atoms with van der Waals surface area (Å²) in [7, 11) is 0. The first-order valence-electron chi connectivity index (χ1n) is 2.34. The van der Waals surface area contributed by atoms with E-state index in [9.17, 15) is 4.79 Å². The van der Waals surface area contributed by atoms with E-state index in [2.05, 4.69) is 23.9 Å². The number of thiol groups is 1. The zero-order valence-electron chi connectivity index (χ0n) is 4.83. The fourth-order valence-corrected chi connectivity index (χ4v) is 0.286. The van der Waals surface area contributed by atoms with Crippen LogP contribution in [0.15, 0.2) is 11.5 Å². The van der Waals surface area contributed by atoms with Gasteiger partial charge >= 0.3 is 5.97 Å². The fraction of sp³-hybridized carbons (Fsp3) is 0.400. The van der Waals surface area contributed by atoms with Gasteiger partial charge in [-0.2, -0.15) is 0 Å². The highest BCUT2D eigenvalue weighted by Crippen LogP contribution is 1.97. The minimum absolute atomic E-state index is 0.00157. The summed E-state index contributed by atoms with van der Waals surface area (Å²) < 4.78 is 4.39. The average molecular weight is 148 g/mol. The van der Waals surface area contributed by atoms with Crippen LogP contribution in [0.2, 0.25) is 0 Å². The van der Waals surface area contributed by atoms with E-state index in [4.69, 9.17) is 5.11 Å². The molecule has 0 aromatic rings. The van der Waals surface area contributed by atoms with Gasteiger partial charge in [-0.15, -0.1) is 12.6 Å². The average Bonchev–Trinajstić information content (AvgIpc) is 1.82. The molecular weight excluding hydrogens is 140 g/mol. The first-order chi connectivity index (χ1) is 4.18. The molecule has 0 aliphatic rings. The molecule has 0 atom stereocenters. The molecule has 0 rings (SSSR count). The summed E-state index contributed by atoms with van der Waals surface area (Å²) in [4.78, 5) is 10.4. The Bertz CT molecular complexity index is 121. The molecule has 52 valence electrons. The van der Waals surface area contributed by atoms with Gasteiger partial charge in [-0.25, -0.2) is 4.79 Å². The van der Waals surface area contributed by atoms with Gasteiger partial charge in [0.15, 0.2) is 0 Å². The van der Waals surface area contributed by atoms with Crippen molar-refractivity contribution in [2.24, 2.45) is 0 Å². The largest absolute Gasteiger partial charge is 0.459 e. The molecule has 9 heavy (non-hydrogen) atoms. The quantitative estimate of drug-likeness (QED) is 0.335. The standard InChI is InChI=1S/C5H8O3S/c1-4(9)5(7)8-3-2-6/h6,9H,1-3H2. The summed E-state index contributed by atoms with van der Waals surface area (Å²) in [6, 6.07) is 0. The molecule has 0 unspecified atom stereocenters. The number of ether oxygens (including phenoxy) is 1. The summed E-state index contributed by atoms with van der Waals surface area (Å²) in [5.41, 5.74) is 0. The van der Waals surface area contributed by atoms with E-state index in [1.807, 2.05) is 0 Å². The molecule has 1 N–H and O–H groups in total. The SMILES string of the molecule is C=C(S)C(=O)OCCO. The number of carbonyl (C=O) groups excluding carboxylic acids is 1. The highest BCUT2D eigenvalue weighted by Gasteiger charge is 2.00. The maximum absolute atomic E-state index is 10.4. The lowest BCUT2D eigenvalue weighted by Gasteiger charge is -1.98. The normalized spacial score (nSPS) is 8.67. The lowest BCUT2D eigenvalue weighted by atomic mass is 10.6. The second kappa shape index (κ2) is 4.40. The number of rotatable bonds is 3. The Morgan fingerprint density at radius 1 is 1.78 bits per heavy atom. The first kappa shape index (κ1) is 8.52. The van der Waals surface area contributed by atoms with Gasteiger partial charge in [0.05, 0.1) is 11.5 Å². The molecule has 0 spiro atoms. The molecule has 0 aromatic heterocycles. The third-order valence-corrected chi connectivity index (χ3v) is 0.743. The number of esters is 1. The van der Waals surface area contributed by atoms with Crippen molar-refractivity contribution >= 4 is 18.6 Å². The van der Waals surface area contributed by atoms with Crippen LogP contribution in [0.25, 0.3) is 0 Å². The number of hydrogen-bond acceptors (Lipinski definition) is 4. The van der Waals surface area contributed by atoms with Gasteiger partial charge < -0.3 is 9.84 Å². The number of aliphatic hydroxyl groups is 1. The Kier molecular flexibility index (Phi) is 4.17. The van der Waals surface area contributed by atoms with Crippen molar-refractivity contribution in [3.8, 4) is 0 Å². The Morgan fingerprint density at radius 2 is 2.33 bits per heavy atom. The molecule has 0 aliphatic carbocycles. The van der Waals surface area contributed by atoms with Gasteiger partial charge in [0.1, 0.15) is 6.61 Å². The summed E-state index contributed by atoms with van der Waals surface area (Å²) in [5, 5.41) is 8.17. The second-order valence-electron chi connectivity index (χ2n) is 1.31. The Morgan fingerprint density at radius 3 is 2.67 bits per heavy atom. The number of carbonyl (C=O) groups is 1. The van der Waals surface area contributed by atoms with Gasteiger partial charge in [0.2, 0.25) is 0 Å². The summed E-state index contributed by atoms with van der Waals surface area (Å²) in [6.45, 7) is 3.04. The molecule has 0 fully saturated rings. The minimum Gasteiger partial charge on any atom is -0.459 e. The highest BCUT2D eigenvalue weighted by atomic mass is 32.1. The number of hydrogen-bond donors (Lipinski definition) is 2. The van der Waals surface area contributed by atoms with Gasteiger partial charge in [-0.3, -0.25) is 0 Å². The first-order valence-corrected chi connectivity index (χ1v) is 2.79. The van der Waals surface area contributed by atoms with Crippen molar-refractivity contribution in [1.82, 2.24) is 0 Å². The van der Waals surface area contributed by atoms with Gasteiger partial charge in [0, 0.05) is 0 Å². The van der Waals surface area contributed by atoms with Crippen LogP contribution in [0.3, 0.4) is 0 Å². The van der Waals surface area contributed by atoms with Crippen molar-refractivity contribution in [2.75, 3.05) is 13.2 Å². The van der Waals surface area contributed by atoms with Crippen molar-refractivity contribution in [1.29, 1.82) is 0 Å². The lowest BCUT2D eigenvalue weighted by molar-refractivity contribution is -0.139. The van der Waals surface area contributed by atoms with Crippen LogP contribution in [-0.2, 0) is 9.53 Å². The minimum atomic E-state index is -0.590. The number of aliphatic hydroxyl groups excluding tert-OH is 1. The molecule has 0 aromatic carbocycles. The van der Waals surface area contributed by atoms with Crippen LogP contribution < -0.4 is 0 Å². The zero-order chi connectivity index (χ0) is 7.28. The Labute approximate surface area is 58.7 Å².